The van der Waals surface area contributed by atoms with Crippen LogP contribution in [0.3, 0.4) is 0 Å². The maximum atomic E-state index is 13.8. The van der Waals surface area contributed by atoms with Crippen molar-refractivity contribution >= 4 is 10.0 Å². The van der Waals surface area contributed by atoms with E-state index in [9.17, 15) is 21.6 Å². The first-order chi connectivity index (χ1) is 17.6. The van der Waals surface area contributed by atoms with Gasteiger partial charge in [0.05, 0.1) is 23.1 Å². The van der Waals surface area contributed by atoms with Gasteiger partial charge in [0.2, 0.25) is 10.0 Å². The molecule has 2 saturated heterocycles. The van der Waals surface area contributed by atoms with Crippen molar-refractivity contribution in [2.45, 2.75) is 94.9 Å². The first-order valence-corrected chi connectivity index (χ1v) is 14.7. The van der Waals surface area contributed by atoms with Gasteiger partial charge in [-0.1, -0.05) is 35.9 Å². The van der Waals surface area contributed by atoms with Crippen LogP contribution >= 0.6 is 0 Å². The lowest BCUT2D eigenvalue weighted by molar-refractivity contribution is -0.285. The molecule has 2 aromatic rings. The van der Waals surface area contributed by atoms with E-state index in [1.54, 1.807) is 30.3 Å². The number of benzene rings is 2. The molecular formula is C29H39F3N2O3S. The van der Waals surface area contributed by atoms with Crippen molar-refractivity contribution in [1.82, 2.24) is 9.37 Å². The van der Waals surface area contributed by atoms with Crippen LogP contribution in [0.4, 0.5) is 13.2 Å². The second-order valence-electron chi connectivity index (χ2n) is 12.0. The fourth-order valence-corrected chi connectivity index (χ4v) is 7.83. The van der Waals surface area contributed by atoms with Crippen LogP contribution in [0.15, 0.2) is 53.4 Å². The predicted octanol–water partition coefficient (Wildman–Crippen LogP) is 6.61. The lowest BCUT2D eigenvalue weighted by Gasteiger charge is -2.51. The highest BCUT2D eigenvalue weighted by molar-refractivity contribution is 7.89. The highest BCUT2D eigenvalue weighted by atomic mass is 32.2. The maximum absolute atomic E-state index is 13.8. The van der Waals surface area contributed by atoms with Crippen LogP contribution in [-0.4, -0.2) is 48.1 Å². The second-order valence-corrected chi connectivity index (χ2v) is 13.9. The van der Waals surface area contributed by atoms with Crippen molar-refractivity contribution in [3.05, 3.63) is 65.2 Å². The summed E-state index contributed by atoms with van der Waals surface area (Å²) in [5.41, 5.74) is 0.363. The van der Waals surface area contributed by atoms with Crippen LogP contribution in [0, 0.1) is 12.8 Å². The lowest BCUT2D eigenvalue weighted by atomic mass is 9.82. The van der Waals surface area contributed by atoms with Crippen LogP contribution < -0.4 is 0 Å². The van der Waals surface area contributed by atoms with Crippen molar-refractivity contribution in [1.29, 1.82) is 0 Å². The number of piperidine rings is 1. The fourth-order valence-electron chi connectivity index (χ4n) is 6.14. The largest absolute Gasteiger partial charge is 0.416 e. The van der Waals surface area contributed by atoms with Crippen molar-refractivity contribution in [2.75, 3.05) is 13.2 Å². The maximum Gasteiger partial charge on any atom is 0.416 e. The summed E-state index contributed by atoms with van der Waals surface area (Å²) in [4.78, 5) is 6.69. The lowest BCUT2D eigenvalue weighted by Crippen LogP contribution is -2.59. The number of halogens is 3. The molecule has 2 aromatic carbocycles. The van der Waals surface area contributed by atoms with Gasteiger partial charge in [-0.15, -0.1) is 0 Å². The molecule has 9 heteroatoms. The number of alkyl halides is 3. The summed E-state index contributed by atoms with van der Waals surface area (Å²) in [6.07, 6.45) is -0.553. The van der Waals surface area contributed by atoms with Crippen LogP contribution in [-0.2, 0) is 27.5 Å². The molecule has 2 atom stereocenters. The van der Waals surface area contributed by atoms with Crippen LogP contribution in [0.2, 0.25) is 0 Å². The van der Waals surface area contributed by atoms with Crippen molar-refractivity contribution in [3.63, 3.8) is 0 Å². The van der Waals surface area contributed by atoms with Crippen molar-refractivity contribution < 1.29 is 26.4 Å². The molecule has 2 aliphatic heterocycles. The van der Waals surface area contributed by atoms with E-state index in [0.29, 0.717) is 24.9 Å². The van der Waals surface area contributed by atoms with E-state index in [0.717, 1.165) is 30.9 Å². The summed E-state index contributed by atoms with van der Waals surface area (Å²) >= 11 is 0. The third-order valence-electron chi connectivity index (χ3n) is 8.07. The van der Waals surface area contributed by atoms with E-state index in [1.165, 1.54) is 16.4 Å². The van der Waals surface area contributed by atoms with Crippen LogP contribution in [0.25, 0.3) is 0 Å². The Morgan fingerprint density at radius 2 is 1.63 bits per heavy atom. The molecule has 0 unspecified atom stereocenters. The van der Waals surface area contributed by atoms with E-state index >= 15 is 0 Å². The van der Waals surface area contributed by atoms with Gasteiger partial charge in [-0.3, -0.25) is 4.84 Å². The minimum absolute atomic E-state index is 0.140. The van der Waals surface area contributed by atoms with Crippen molar-refractivity contribution in [3.8, 4) is 0 Å². The van der Waals surface area contributed by atoms with Crippen molar-refractivity contribution in [2.24, 2.45) is 5.92 Å². The minimum atomic E-state index is -4.43. The summed E-state index contributed by atoms with van der Waals surface area (Å²) in [6.45, 7) is 10.8. The predicted molar refractivity (Wildman–Crippen MR) is 142 cm³/mol. The molecule has 0 N–H and O–H groups in total. The molecule has 38 heavy (non-hydrogen) atoms. The molecular weight excluding hydrogens is 513 g/mol. The number of sulfonamides is 1. The zero-order valence-corrected chi connectivity index (χ0v) is 23.7. The standard InChI is InChI=1S/C29H39F3N2O3S/c1-21-10-12-25(13-11-21)38(35,36)33-17-14-23(18-22-8-6-9-24(19-22)29(30,31)32)26(33)20-37-34-27(2,3)15-7-16-28(34,4)5/h6,8-13,19,23,26H,7,14-18,20H2,1-5H3/t23-,26-/m0/s1. The van der Waals surface area contributed by atoms with Gasteiger partial charge in [0.15, 0.2) is 0 Å². The molecule has 0 aliphatic carbocycles. The van der Waals surface area contributed by atoms with Gasteiger partial charge >= 0.3 is 6.18 Å². The molecule has 0 saturated carbocycles. The first-order valence-electron chi connectivity index (χ1n) is 13.3. The molecule has 0 bridgehead atoms. The van der Waals surface area contributed by atoms with Gasteiger partial charge in [-0.2, -0.15) is 22.5 Å². The molecule has 0 aromatic heterocycles. The third kappa shape index (κ3) is 6.11. The van der Waals surface area contributed by atoms with Gasteiger partial charge in [0, 0.05) is 17.6 Å². The highest BCUT2D eigenvalue weighted by Gasteiger charge is 2.46. The zero-order chi connectivity index (χ0) is 27.9. The van der Waals surface area contributed by atoms with Gasteiger partial charge in [0.25, 0.3) is 0 Å². The molecule has 5 nitrogen and oxygen atoms in total. The number of rotatable bonds is 7. The molecule has 0 spiro atoms. The zero-order valence-electron chi connectivity index (χ0n) is 22.9. The average Bonchev–Trinajstić information content (AvgIpc) is 3.21. The molecule has 2 heterocycles. The fraction of sp³-hybridized carbons (Fsp3) is 0.586. The number of nitrogens with zero attached hydrogens (tertiary/aromatic N) is 2. The Labute approximate surface area is 225 Å². The van der Waals surface area contributed by atoms with E-state index < -0.39 is 27.8 Å². The normalized spacial score (nSPS) is 24.5. The highest BCUT2D eigenvalue weighted by Crippen LogP contribution is 2.40. The monoisotopic (exact) mass is 552 g/mol. The summed E-state index contributed by atoms with van der Waals surface area (Å²) in [5.74, 6) is -0.185. The first kappa shape index (κ1) is 29.1. The topological polar surface area (TPSA) is 49.9 Å². The molecule has 2 aliphatic rings. The number of hydroxylamine groups is 2. The number of hydrogen-bond donors (Lipinski definition) is 0. The van der Waals surface area contributed by atoms with E-state index in [-0.39, 0.29) is 28.5 Å². The van der Waals surface area contributed by atoms with Crippen LogP contribution in [0.1, 0.15) is 70.1 Å². The van der Waals surface area contributed by atoms with Crippen LogP contribution in [0.5, 0.6) is 0 Å². The average molecular weight is 553 g/mol. The van der Waals surface area contributed by atoms with Gasteiger partial charge in [-0.25, -0.2) is 8.42 Å². The molecule has 210 valence electrons. The Morgan fingerprint density at radius 3 is 2.24 bits per heavy atom. The Hall–Kier alpha value is -1.94. The summed E-state index contributed by atoms with van der Waals surface area (Å²) in [5, 5.41) is 2.01. The van der Waals surface area contributed by atoms with Gasteiger partial charge < -0.3 is 0 Å². The van der Waals surface area contributed by atoms with Gasteiger partial charge in [-0.05, 0) is 96.4 Å². The molecule has 4 rings (SSSR count). The van der Waals surface area contributed by atoms with E-state index in [1.807, 2.05) is 12.0 Å². The SMILES string of the molecule is Cc1ccc(S(=O)(=O)N2CC[C@@H](Cc3cccc(C(F)(F)F)c3)[C@@H]2CON2C(C)(C)CCCC2(C)C)cc1. The van der Waals surface area contributed by atoms with Gasteiger partial charge in [0.1, 0.15) is 0 Å². The number of aryl methyl sites for hydroxylation is 1. The Morgan fingerprint density at radius 1 is 1.00 bits per heavy atom. The minimum Gasteiger partial charge on any atom is -0.296 e. The molecule has 0 radical (unpaired) electrons. The quantitative estimate of drug-likeness (QED) is 0.388. The third-order valence-corrected chi connectivity index (χ3v) is 10.0. The molecule has 2 fully saturated rings. The summed E-state index contributed by atoms with van der Waals surface area (Å²) in [6, 6.07) is 11.6. The Bertz CT molecular complexity index is 1210. The van der Waals surface area contributed by atoms with E-state index in [2.05, 4.69) is 27.7 Å². The van der Waals surface area contributed by atoms with E-state index in [4.69, 9.17) is 4.84 Å². The Kier molecular flexibility index (Phi) is 8.07. The second kappa shape index (κ2) is 10.6. The summed E-state index contributed by atoms with van der Waals surface area (Å²) in [7, 11) is -3.82. The summed E-state index contributed by atoms with van der Waals surface area (Å²) < 4.78 is 69.1. The number of hydrogen-bond acceptors (Lipinski definition) is 4. The smallest absolute Gasteiger partial charge is 0.296 e. The Balaban J connectivity index is 1.64. The molecule has 0 amide bonds.